The highest BCUT2D eigenvalue weighted by Gasteiger charge is 2.22. The number of carboxylic acid groups (broad SMARTS) is 2. The number of nitrogens with zero attached hydrogens (tertiary/aromatic N) is 2. The summed E-state index contributed by atoms with van der Waals surface area (Å²) in [6, 6.07) is 15.9. The van der Waals surface area contributed by atoms with Gasteiger partial charge in [-0.2, -0.15) is 0 Å². The molecule has 9 heteroatoms. The van der Waals surface area contributed by atoms with Gasteiger partial charge in [-0.3, -0.25) is 14.6 Å². The molecule has 0 atom stereocenters. The lowest BCUT2D eigenvalue weighted by Gasteiger charge is -2.12. The van der Waals surface area contributed by atoms with Crippen LogP contribution >= 0.6 is 15.9 Å². The molecule has 166 valence electrons. The highest BCUT2D eigenvalue weighted by molar-refractivity contribution is 9.10. The normalized spacial score (nSPS) is 10.8. The summed E-state index contributed by atoms with van der Waals surface area (Å²) in [7, 11) is 0. The molecule has 2 heterocycles. The SMILES string of the molecule is O=C(O)CNC(=O)c1c(Br)c2ccc(-c3cccnc3)cc2n1Cc1ccc(C(=O)O)cc1. The molecule has 2 aromatic carbocycles. The Kier molecular flexibility index (Phi) is 6.23. The molecule has 0 saturated heterocycles. The molecule has 2 aromatic heterocycles. The van der Waals surface area contributed by atoms with Crippen LogP contribution in [0.4, 0.5) is 0 Å². The Labute approximate surface area is 196 Å². The minimum atomic E-state index is -1.15. The van der Waals surface area contributed by atoms with Gasteiger partial charge < -0.3 is 20.1 Å². The Bertz CT molecular complexity index is 1360. The van der Waals surface area contributed by atoms with Crippen LogP contribution in [0.2, 0.25) is 0 Å². The molecule has 0 saturated carbocycles. The first-order valence-electron chi connectivity index (χ1n) is 9.89. The maximum absolute atomic E-state index is 12.9. The number of aromatic carboxylic acids is 1. The highest BCUT2D eigenvalue weighted by Crippen LogP contribution is 2.34. The summed E-state index contributed by atoms with van der Waals surface area (Å²) in [6.07, 6.45) is 3.43. The third-order valence-corrected chi connectivity index (χ3v) is 5.96. The first-order chi connectivity index (χ1) is 15.8. The standard InChI is InChI=1S/C24H18BrN3O5/c25-21-18-8-7-16(17-2-1-9-26-11-17)10-19(18)28(22(21)23(31)27-12-20(29)30)13-14-3-5-15(6-4-14)24(32)33/h1-11H,12-13H2,(H,27,31)(H,29,30)(H,32,33). The Morgan fingerprint density at radius 2 is 1.76 bits per heavy atom. The predicted octanol–water partition coefficient (Wildman–Crippen LogP) is 4.03. The van der Waals surface area contributed by atoms with E-state index in [4.69, 9.17) is 10.2 Å². The van der Waals surface area contributed by atoms with Gasteiger partial charge in [-0.25, -0.2) is 4.79 Å². The molecule has 8 nitrogen and oxygen atoms in total. The maximum atomic E-state index is 12.9. The number of hydrogen-bond donors (Lipinski definition) is 3. The van der Waals surface area contributed by atoms with Gasteiger partial charge in [0.15, 0.2) is 0 Å². The van der Waals surface area contributed by atoms with E-state index in [-0.39, 0.29) is 17.8 Å². The smallest absolute Gasteiger partial charge is 0.335 e. The van der Waals surface area contributed by atoms with Gasteiger partial charge in [-0.05, 0) is 51.3 Å². The van der Waals surface area contributed by atoms with Crippen molar-refractivity contribution in [2.24, 2.45) is 0 Å². The fraction of sp³-hybridized carbons (Fsp3) is 0.0833. The highest BCUT2D eigenvalue weighted by atomic mass is 79.9. The molecule has 33 heavy (non-hydrogen) atoms. The van der Waals surface area contributed by atoms with Gasteiger partial charge in [0.2, 0.25) is 0 Å². The molecular formula is C24H18BrN3O5. The van der Waals surface area contributed by atoms with Gasteiger partial charge in [0.1, 0.15) is 12.2 Å². The summed E-state index contributed by atoms with van der Waals surface area (Å²) in [6.45, 7) is -0.241. The number of amides is 1. The summed E-state index contributed by atoms with van der Waals surface area (Å²) < 4.78 is 2.33. The van der Waals surface area contributed by atoms with E-state index >= 15 is 0 Å². The van der Waals surface area contributed by atoms with E-state index in [1.54, 1.807) is 29.1 Å². The van der Waals surface area contributed by atoms with E-state index in [2.05, 4.69) is 26.2 Å². The van der Waals surface area contributed by atoms with Crippen molar-refractivity contribution in [1.82, 2.24) is 14.9 Å². The van der Waals surface area contributed by atoms with E-state index in [1.165, 1.54) is 12.1 Å². The Morgan fingerprint density at radius 1 is 1.00 bits per heavy atom. The summed E-state index contributed by atoms with van der Waals surface area (Å²) in [5, 5.41) is 21.3. The van der Waals surface area contributed by atoms with Crippen LogP contribution in [0.25, 0.3) is 22.0 Å². The van der Waals surface area contributed by atoms with Crippen LogP contribution in [0.5, 0.6) is 0 Å². The second-order valence-electron chi connectivity index (χ2n) is 7.30. The van der Waals surface area contributed by atoms with Crippen molar-refractivity contribution in [1.29, 1.82) is 0 Å². The zero-order chi connectivity index (χ0) is 23.5. The van der Waals surface area contributed by atoms with Crippen LogP contribution in [-0.2, 0) is 11.3 Å². The molecule has 4 aromatic rings. The Balaban J connectivity index is 1.85. The van der Waals surface area contributed by atoms with Gasteiger partial charge in [-0.15, -0.1) is 0 Å². The number of nitrogens with one attached hydrogen (secondary N) is 1. The Morgan fingerprint density at radius 3 is 2.39 bits per heavy atom. The lowest BCUT2D eigenvalue weighted by molar-refractivity contribution is -0.135. The quantitative estimate of drug-likeness (QED) is 0.347. The third kappa shape index (κ3) is 4.63. The van der Waals surface area contributed by atoms with E-state index in [0.29, 0.717) is 4.47 Å². The van der Waals surface area contributed by atoms with Crippen molar-refractivity contribution >= 4 is 44.7 Å². The summed E-state index contributed by atoms with van der Waals surface area (Å²) in [5.74, 6) is -2.71. The number of fused-ring (bicyclic) bond motifs is 1. The molecule has 3 N–H and O–H groups in total. The number of carboxylic acids is 2. The molecule has 0 aliphatic carbocycles. The first-order valence-corrected chi connectivity index (χ1v) is 10.7. The minimum Gasteiger partial charge on any atom is -0.480 e. The van der Waals surface area contributed by atoms with E-state index < -0.39 is 24.4 Å². The number of benzene rings is 2. The molecule has 0 unspecified atom stereocenters. The number of rotatable bonds is 7. The number of hydrogen-bond acceptors (Lipinski definition) is 4. The minimum absolute atomic E-state index is 0.163. The fourth-order valence-corrected chi connectivity index (χ4v) is 4.31. The maximum Gasteiger partial charge on any atom is 0.335 e. The van der Waals surface area contributed by atoms with Crippen LogP contribution in [0.3, 0.4) is 0 Å². The number of aliphatic carboxylic acids is 1. The number of aromatic nitrogens is 2. The van der Waals surface area contributed by atoms with Crippen LogP contribution in [0, 0.1) is 0 Å². The average Bonchev–Trinajstić information content (AvgIpc) is 3.09. The largest absolute Gasteiger partial charge is 0.480 e. The van der Waals surface area contributed by atoms with Gasteiger partial charge in [0, 0.05) is 29.9 Å². The van der Waals surface area contributed by atoms with Crippen LogP contribution in [0.1, 0.15) is 26.4 Å². The second kappa shape index (κ2) is 9.25. The molecule has 0 radical (unpaired) electrons. The zero-order valence-corrected chi connectivity index (χ0v) is 18.7. The summed E-state index contributed by atoms with van der Waals surface area (Å²) >= 11 is 3.52. The van der Waals surface area contributed by atoms with Gasteiger partial charge in [0.05, 0.1) is 15.6 Å². The van der Waals surface area contributed by atoms with Crippen molar-refractivity contribution in [3.63, 3.8) is 0 Å². The van der Waals surface area contributed by atoms with Crippen LogP contribution in [0.15, 0.2) is 71.5 Å². The van der Waals surface area contributed by atoms with Crippen molar-refractivity contribution in [2.45, 2.75) is 6.54 Å². The number of carbonyl (C=O) groups is 3. The number of halogens is 1. The monoisotopic (exact) mass is 507 g/mol. The molecule has 1 amide bonds. The molecule has 0 aliphatic heterocycles. The van der Waals surface area contributed by atoms with Gasteiger partial charge >= 0.3 is 11.9 Å². The number of carbonyl (C=O) groups excluding carboxylic acids is 1. The first kappa shape index (κ1) is 22.2. The number of pyridine rings is 1. The van der Waals surface area contributed by atoms with Gasteiger partial charge in [-0.1, -0.05) is 30.3 Å². The summed E-state index contributed by atoms with van der Waals surface area (Å²) in [5.41, 5.74) is 3.79. The molecule has 0 bridgehead atoms. The van der Waals surface area contributed by atoms with Crippen LogP contribution < -0.4 is 5.32 Å². The molecular weight excluding hydrogens is 490 g/mol. The average molecular weight is 508 g/mol. The molecule has 0 fully saturated rings. The van der Waals surface area contributed by atoms with E-state index in [0.717, 1.165) is 27.6 Å². The van der Waals surface area contributed by atoms with Crippen molar-refractivity contribution < 1.29 is 24.6 Å². The van der Waals surface area contributed by atoms with Crippen molar-refractivity contribution in [3.05, 3.63) is 88.3 Å². The van der Waals surface area contributed by atoms with E-state index in [9.17, 15) is 14.4 Å². The van der Waals surface area contributed by atoms with Gasteiger partial charge in [0.25, 0.3) is 5.91 Å². The Hall–Kier alpha value is -3.98. The van der Waals surface area contributed by atoms with Crippen molar-refractivity contribution in [3.8, 4) is 11.1 Å². The van der Waals surface area contributed by atoms with Crippen LogP contribution in [-0.4, -0.2) is 44.2 Å². The zero-order valence-electron chi connectivity index (χ0n) is 17.2. The predicted molar refractivity (Wildman–Crippen MR) is 125 cm³/mol. The molecule has 4 rings (SSSR count). The lowest BCUT2D eigenvalue weighted by atomic mass is 10.1. The summed E-state index contributed by atoms with van der Waals surface area (Å²) in [4.78, 5) is 39.2. The molecule has 0 aliphatic rings. The van der Waals surface area contributed by atoms with E-state index in [1.807, 2.05) is 30.3 Å². The van der Waals surface area contributed by atoms with Crippen molar-refractivity contribution in [2.75, 3.05) is 6.54 Å². The fourth-order valence-electron chi connectivity index (χ4n) is 3.58. The second-order valence-corrected chi connectivity index (χ2v) is 8.09. The lowest BCUT2D eigenvalue weighted by Crippen LogP contribution is -2.31. The topological polar surface area (TPSA) is 122 Å². The third-order valence-electron chi connectivity index (χ3n) is 5.15. The molecule has 0 spiro atoms.